The van der Waals surface area contributed by atoms with Gasteiger partial charge in [0.1, 0.15) is 0 Å². The van der Waals surface area contributed by atoms with Crippen LogP contribution in [0.4, 0.5) is 0 Å². The zero-order valence-electron chi connectivity index (χ0n) is 11.0. The smallest absolute Gasteiger partial charge is 0.171 e. The molecular weight excluding hydrogens is 214 g/mol. The lowest BCUT2D eigenvalue weighted by atomic mass is 10.0. The van der Waals surface area contributed by atoms with Crippen molar-refractivity contribution < 1.29 is 9.47 Å². The first-order valence-electron chi connectivity index (χ1n) is 6.08. The van der Waals surface area contributed by atoms with E-state index in [0.29, 0.717) is 0 Å². The average Bonchev–Trinajstić information content (AvgIpc) is 2.39. The molecule has 96 valence electrons. The zero-order chi connectivity index (χ0) is 12.5. The number of hydrogen-bond donors (Lipinski definition) is 1. The van der Waals surface area contributed by atoms with Gasteiger partial charge in [0, 0.05) is 14.2 Å². The molecule has 17 heavy (non-hydrogen) atoms. The van der Waals surface area contributed by atoms with Crippen molar-refractivity contribution in [2.75, 3.05) is 21.3 Å². The number of hydrogen-bond acceptors (Lipinski definition) is 3. The van der Waals surface area contributed by atoms with Crippen LogP contribution in [0, 0.1) is 0 Å². The molecule has 0 spiro atoms. The third kappa shape index (κ3) is 4.86. The van der Waals surface area contributed by atoms with Crippen LogP contribution in [0.2, 0.25) is 0 Å². The third-order valence-electron chi connectivity index (χ3n) is 2.99. The van der Waals surface area contributed by atoms with Crippen molar-refractivity contribution in [2.24, 2.45) is 0 Å². The molecule has 3 nitrogen and oxygen atoms in total. The molecule has 1 rings (SSSR count). The molecule has 0 saturated carbocycles. The van der Waals surface area contributed by atoms with E-state index in [2.05, 4.69) is 29.6 Å². The fraction of sp³-hybridized carbons (Fsp3) is 0.571. The second kappa shape index (κ2) is 8.23. The Kier molecular flexibility index (Phi) is 6.86. The molecule has 0 fully saturated rings. The van der Waals surface area contributed by atoms with Crippen LogP contribution in [0.25, 0.3) is 0 Å². The molecule has 0 heterocycles. The highest BCUT2D eigenvalue weighted by atomic mass is 16.7. The maximum Gasteiger partial charge on any atom is 0.171 e. The molecule has 1 aromatic rings. The SMILES string of the molecule is CNC(CCCc1ccccc1)C(OC)OC. The van der Waals surface area contributed by atoms with Crippen LogP contribution >= 0.6 is 0 Å². The van der Waals surface area contributed by atoms with Gasteiger partial charge >= 0.3 is 0 Å². The van der Waals surface area contributed by atoms with Crippen molar-refractivity contribution in [2.45, 2.75) is 31.6 Å². The molecular formula is C14H23NO2. The van der Waals surface area contributed by atoms with Crippen LogP contribution in [0.15, 0.2) is 30.3 Å². The van der Waals surface area contributed by atoms with Gasteiger partial charge in [-0.15, -0.1) is 0 Å². The maximum absolute atomic E-state index is 5.27. The Morgan fingerprint density at radius 3 is 2.29 bits per heavy atom. The summed E-state index contributed by atoms with van der Waals surface area (Å²) in [5, 5.41) is 3.24. The summed E-state index contributed by atoms with van der Waals surface area (Å²) in [4.78, 5) is 0. The van der Waals surface area contributed by atoms with Crippen molar-refractivity contribution >= 4 is 0 Å². The van der Waals surface area contributed by atoms with Gasteiger partial charge in [0.25, 0.3) is 0 Å². The molecule has 0 radical (unpaired) electrons. The summed E-state index contributed by atoms with van der Waals surface area (Å²) in [5.41, 5.74) is 1.38. The van der Waals surface area contributed by atoms with Crippen LogP contribution in [-0.4, -0.2) is 33.6 Å². The molecule has 0 bridgehead atoms. The lowest BCUT2D eigenvalue weighted by molar-refractivity contribution is -0.123. The predicted octanol–water partition coefficient (Wildman–Crippen LogP) is 2.22. The van der Waals surface area contributed by atoms with Crippen molar-refractivity contribution in [1.82, 2.24) is 5.32 Å². The van der Waals surface area contributed by atoms with Crippen LogP contribution in [0.5, 0.6) is 0 Å². The molecule has 1 N–H and O–H groups in total. The van der Waals surface area contributed by atoms with Gasteiger partial charge in [0.05, 0.1) is 6.04 Å². The highest BCUT2D eigenvalue weighted by molar-refractivity contribution is 5.14. The van der Waals surface area contributed by atoms with Gasteiger partial charge in [0.2, 0.25) is 0 Å². The lowest BCUT2D eigenvalue weighted by Crippen LogP contribution is -2.40. The van der Waals surface area contributed by atoms with Gasteiger partial charge < -0.3 is 14.8 Å². The molecule has 1 unspecified atom stereocenters. The van der Waals surface area contributed by atoms with Crippen molar-refractivity contribution in [3.8, 4) is 0 Å². The summed E-state index contributed by atoms with van der Waals surface area (Å²) in [7, 11) is 5.30. The summed E-state index contributed by atoms with van der Waals surface area (Å²) >= 11 is 0. The first-order valence-corrected chi connectivity index (χ1v) is 6.08. The summed E-state index contributed by atoms with van der Waals surface area (Å²) in [6, 6.07) is 10.8. The number of methoxy groups -OCH3 is 2. The van der Waals surface area contributed by atoms with Gasteiger partial charge in [-0.05, 0) is 31.9 Å². The number of nitrogens with one attached hydrogen (secondary N) is 1. The van der Waals surface area contributed by atoms with Crippen LogP contribution < -0.4 is 5.32 Å². The lowest BCUT2D eigenvalue weighted by Gasteiger charge is -2.24. The second-order valence-corrected chi connectivity index (χ2v) is 4.11. The van der Waals surface area contributed by atoms with Gasteiger partial charge in [-0.1, -0.05) is 30.3 Å². The van der Waals surface area contributed by atoms with E-state index < -0.39 is 0 Å². The van der Waals surface area contributed by atoms with Crippen LogP contribution in [0.1, 0.15) is 18.4 Å². The van der Waals surface area contributed by atoms with Crippen molar-refractivity contribution in [1.29, 1.82) is 0 Å². The summed E-state index contributed by atoms with van der Waals surface area (Å²) in [5.74, 6) is 0. The highest BCUT2D eigenvalue weighted by Crippen LogP contribution is 2.10. The monoisotopic (exact) mass is 237 g/mol. The molecule has 3 heteroatoms. The molecule has 0 aliphatic rings. The van der Waals surface area contributed by atoms with E-state index in [0.717, 1.165) is 19.3 Å². The van der Waals surface area contributed by atoms with Crippen LogP contribution in [-0.2, 0) is 15.9 Å². The second-order valence-electron chi connectivity index (χ2n) is 4.11. The Balaban J connectivity index is 2.33. The standard InChI is InChI=1S/C14H23NO2/c1-15-13(14(16-2)17-3)11-7-10-12-8-5-4-6-9-12/h4-6,8-9,13-15H,7,10-11H2,1-3H3. The molecule has 0 saturated heterocycles. The molecule has 0 aliphatic heterocycles. The van der Waals surface area contributed by atoms with E-state index in [1.165, 1.54) is 5.56 Å². The molecule has 0 aromatic heterocycles. The highest BCUT2D eigenvalue weighted by Gasteiger charge is 2.18. The van der Waals surface area contributed by atoms with E-state index in [1.54, 1.807) is 14.2 Å². The van der Waals surface area contributed by atoms with Crippen LogP contribution in [0.3, 0.4) is 0 Å². The Bertz CT molecular complexity index is 286. The third-order valence-corrected chi connectivity index (χ3v) is 2.99. The van der Waals surface area contributed by atoms with Gasteiger partial charge in [0.15, 0.2) is 6.29 Å². The maximum atomic E-state index is 5.27. The summed E-state index contributed by atoms with van der Waals surface area (Å²) in [6.07, 6.45) is 3.09. The fourth-order valence-electron chi connectivity index (χ4n) is 2.01. The molecule has 1 atom stereocenters. The van der Waals surface area contributed by atoms with Gasteiger partial charge in [-0.25, -0.2) is 0 Å². The first kappa shape index (κ1) is 14.2. The normalized spacial score (nSPS) is 12.9. The molecule has 0 amide bonds. The van der Waals surface area contributed by atoms with E-state index in [-0.39, 0.29) is 12.3 Å². The topological polar surface area (TPSA) is 30.5 Å². The fourth-order valence-corrected chi connectivity index (χ4v) is 2.01. The Labute approximate surface area is 104 Å². The van der Waals surface area contributed by atoms with Gasteiger partial charge in [-0.3, -0.25) is 0 Å². The summed E-state index contributed by atoms with van der Waals surface area (Å²) < 4.78 is 10.5. The molecule has 1 aromatic carbocycles. The number of likely N-dealkylation sites (N-methyl/N-ethyl adjacent to an activating group) is 1. The molecule has 0 aliphatic carbocycles. The zero-order valence-corrected chi connectivity index (χ0v) is 11.0. The minimum absolute atomic E-state index is 0.171. The Morgan fingerprint density at radius 1 is 1.12 bits per heavy atom. The Morgan fingerprint density at radius 2 is 1.76 bits per heavy atom. The van der Waals surface area contributed by atoms with E-state index in [9.17, 15) is 0 Å². The van der Waals surface area contributed by atoms with E-state index in [1.807, 2.05) is 13.1 Å². The average molecular weight is 237 g/mol. The number of ether oxygens (including phenoxy) is 2. The largest absolute Gasteiger partial charge is 0.354 e. The van der Waals surface area contributed by atoms with Crippen molar-refractivity contribution in [3.05, 3.63) is 35.9 Å². The first-order chi connectivity index (χ1) is 8.31. The minimum atomic E-state index is -0.171. The van der Waals surface area contributed by atoms with E-state index in [4.69, 9.17) is 9.47 Å². The summed E-state index contributed by atoms with van der Waals surface area (Å²) in [6.45, 7) is 0. The van der Waals surface area contributed by atoms with Crippen molar-refractivity contribution in [3.63, 3.8) is 0 Å². The minimum Gasteiger partial charge on any atom is -0.354 e. The quantitative estimate of drug-likeness (QED) is 0.703. The number of aryl methyl sites for hydroxylation is 1. The Hall–Kier alpha value is -0.900. The number of rotatable bonds is 8. The van der Waals surface area contributed by atoms with Gasteiger partial charge in [-0.2, -0.15) is 0 Å². The number of benzene rings is 1. The van der Waals surface area contributed by atoms with E-state index >= 15 is 0 Å². The predicted molar refractivity (Wildman–Crippen MR) is 70.0 cm³/mol.